The Labute approximate surface area is 170 Å². The van der Waals surface area contributed by atoms with Crippen molar-refractivity contribution in [1.29, 1.82) is 0 Å². The summed E-state index contributed by atoms with van der Waals surface area (Å²) in [5.41, 5.74) is 2.34. The van der Waals surface area contributed by atoms with Crippen LogP contribution in [0.15, 0.2) is 51.7 Å². The Bertz CT molecular complexity index is 1270. The predicted molar refractivity (Wildman–Crippen MR) is 112 cm³/mol. The van der Waals surface area contributed by atoms with Gasteiger partial charge in [-0.05, 0) is 45.0 Å². The molecule has 4 aromatic rings. The lowest BCUT2D eigenvalue weighted by atomic mass is 10.2. The van der Waals surface area contributed by atoms with Crippen molar-refractivity contribution in [1.82, 2.24) is 15.0 Å². The second-order valence-electron chi connectivity index (χ2n) is 6.61. The summed E-state index contributed by atoms with van der Waals surface area (Å²) in [6, 6.07) is 12.3. The van der Waals surface area contributed by atoms with Crippen molar-refractivity contribution in [2.45, 2.75) is 20.8 Å². The zero-order valence-corrected chi connectivity index (χ0v) is 16.9. The highest BCUT2D eigenvalue weighted by Gasteiger charge is 2.18. The molecule has 2 N–H and O–H groups in total. The number of hydrogen-bond donors (Lipinski definition) is 2. The number of aromatic nitrogens is 3. The molecular formula is C21H18N4O3S. The van der Waals surface area contributed by atoms with E-state index in [4.69, 9.17) is 4.42 Å². The Hall–Kier alpha value is -3.52. The normalized spacial score (nSPS) is 10.9. The van der Waals surface area contributed by atoms with Gasteiger partial charge in [0.2, 0.25) is 0 Å². The van der Waals surface area contributed by atoms with Gasteiger partial charge < -0.3 is 14.7 Å². The van der Waals surface area contributed by atoms with Crippen molar-refractivity contribution in [3.05, 3.63) is 74.8 Å². The first-order chi connectivity index (χ1) is 13.9. The number of rotatable bonds is 4. The Balaban J connectivity index is 1.59. The largest absolute Gasteiger partial charge is 0.459 e. The van der Waals surface area contributed by atoms with E-state index in [-0.39, 0.29) is 11.5 Å². The van der Waals surface area contributed by atoms with Gasteiger partial charge in [-0.25, -0.2) is 9.97 Å². The summed E-state index contributed by atoms with van der Waals surface area (Å²) in [5, 5.41) is 3.55. The summed E-state index contributed by atoms with van der Waals surface area (Å²) in [6.07, 6.45) is 0. The number of carbonyl (C=O) groups excluding carboxylic acids is 1. The number of benzene rings is 1. The van der Waals surface area contributed by atoms with Crippen LogP contribution in [0.4, 0.5) is 5.69 Å². The van der Waals surface area contributed by atoms with Crippen molar-refractivity contribution >= 4 is 22.9 Å². The maximum atomic E-state index is 12.8. The van der Waals surface area contributed by atoms with Crippen LogP contribution in [0, 0.1) is 20.8 Å². The van der Waals surface area contributed by atoms with Gasteiger partial charge in [-0.15, -0.1) is 11.3 Å². The van der Waals surface area contributed by atoms with E-state index in [2.05, 4.69) is 20.3 Å². The second-order valence-corrected chi connectivity index (χ2v) is 7.61. The van der Waals surface area contributed by atoms with E-state index in [1.165, 1.54) is 17.4 Å². The summed E-state index contributed by atoms with van der Waals surface area (Å²) < 4.78 is 5.60. The highest BCUT2D eigenvalue weighted by atomic mass is 32.1. The number of furan rings is 1. The molecule has 4 rings (SSSR count). The van der Waals surface area contributed by atoms with Crippen LogP contribution in [0.1, 0.15) is 26.8 Å². The van der Waals surface area contributed by atoms with Crippen LogP contribution in [-0.2, 0) is 0 Å². The predicted octanol–water partition coefficient (Wildman–Crippen LogP) is 4.33. The minimum absolute atomic E-state index is 0.220. The molecule has 7 nitrogen and oxygen atoms in total. The van der Waals surface area contributed by atoms with E-state index in [1.54, 1.807) is 32.0 Å². The summed E-state index contributed by atoms with van der Waals surface area (Å²) in [7, 11) is 0. The number of aromatic amines is 1. The highest BCUT2D eigenvalue weighted by molar-refractivity contribution is 7.17. The third-order valence-electron chi connectivity index (χ3n) is 4.22. The van der Waals surface area contributed by atoms with Crippen molar-refractivity contribution in [3.8, 4) is 22.2 Å². The lowest BCUT2D eigenvalue weighted by Crippen LogP contribution is -2.12. The molecule has 146 valence electrons. The number of aryl methyl sites for hydroxylation is 3. The van der Waals surface area contributed by atoms with Crippen LogP contribution in [0.25, 0.3) is 22.2 Å². The van der Waals surface area contributed by atoms with Crippen molar-refractivity contribution in [2.75, 3.05) is 5.32 Å². The molecule has 29 heavy (non-hydrogen) atoms. The maximum Gasteiger partial charge on any atom is 0.267 e. The molecule has 0 aliphatic heterocycles. The molecule has 1 aromatic carbocycles. The third kappa shape index (κ3) is 4.02. The van der Waals surface area contributed by atoms with Crippen LogP contribution in [-0.4, -0.2) is 20.9 Å². The fourth-order valence-corrected chi connectivity index (χ4v) is 3.83. The molecule has 0 fully saturated rings. The zero-order valence-electron chi connectivity index (χ0n) is 16.1. The molecule has 0 radical (unpaired) electrons. The number of amides is 1. The first-order valence-corrected chi connectivity index (χ1v) is 9.75. The Kier molecular flexibility index (Phi) is 4.85. The molecule has 0 saturated carbocycles. The van der Waals surface area contributed by atoms with E-state index in [9.17, 15) is 9.59 Å². The standard InChI is InChI=1S/C21H18N4O3S/c1-11-9-17(26)25-19(22-11)14-5-4-6-15(10-14)24-20(27)18-13(3)23-21(29-18)16-8-7-12(2)28-16/h4-10H,1-3H3,(H,24,27)(H,22,25,26). The van der Waals surface area contributed by atoms with Gasteiger partial charge in [0.15, 0.2) is 10.8 Å². The number of nitrogens with one attached hydrogen (secondary N) is 2. The maximum absolute atomic E-state index is 12.8. The van der Waals surface area contributed by atoms with Gasteiger partial charge in [0.25, 0.3) is 11.5 Å². The van der Waals surface area contributed by atoms with Crippen molar-refractivity contribution in [2.24, 2.45) is 0 Å². The van der Waals surface area contributed by atoms with Crippen LogP contribution in [0.3, 0.4) is 0 Å². The lowest BCUT2D eigenvalue weighted by molar-refractivity contribution is 0.103. The molecular weight excluding hydrogens is 388 g/mol. The molecule has 3 heterocycles. The molecule has 0 bridgehead atoms. The van der Waals surface area contributed by atoms with Gasteiger partial charge in [0.05, 0.1) is 5.69 Å². The summed E-state index contributed by atoms with van der Waals surface area (Å²) in [5.74, 6) is 1.64. The molecule has 0 saturated heterocycles. The van der Waals surface area contributed by atoms with Crippen molar-refractivity contribution < 1.29 is 9.21 Å². The van der Waals surface area contributed by atoms with E-state index in [0.29, 0.717) is 44.1 Å². The van der Waals surface area contributed by atoms with Crippen LogP contribution in [0.5, 0.6) is 0 Å². The topological polar surface area (TPSA) is 101 Å². The fourth-order valence-electron chi connectivity index (χ4n) is 2.91. The first kappa shape index (κ1) is 18.8. The second kappa shape index (κ2) is 7.48. The van der Waals surface area contributed by atoms with Crippen LogP contribution >= 0.6 is 11.3 Å². The lowest BCUT2D eigenvalue weighted by Gasteiger charge is -2.07. The van der Waals surface area contributed by atoms with Crippen LogP contribution < -0.4 is 10.9 Å². The molecule has 0 atom stereocenters. The van der Waals surface area contributed by atoms with Gasteiger partial charge in [-0.3, -0.25) is 9.59 Å². The average Bonchev–Trinajstić information content (AvgIpc) is 3.27. The van der Waals surface area contributed by atoms with Gasteiger partial charge >= 0.3 is 0 Å². The summed E-state index contributed by atoms with van der Waals surface area (Å²) in [6.45, 7) is 5.42. The van der Waals surface area contributed by atoms with E-state index in [0.717, 1.165) is 5.76 Å². The summed E-state index contributed by atoms with van der Waals surface area (Å²) >= 11 is 1.28. The number of thiazole rings is 1. The van der Waals surface area contributed by atoms with Crippen molar-refractivity contribution in [3.63, 3.8) is 0 Å². The Morgan fingerprint density at radius 3 is 2.66 bits per heavy atom. The number of carbonyl (C=O) groups is 1. The zero-order chi connectivity index (χ0) is 20.5. The van der Waals surface area contributed by atoms with Gasteiger partial charge in [-0.1, -0.05) is 12.1 Å². The quantitative estimate of drug-likeness (QED) is 0.525. The van der Waals surface area contributed by atoms with Gasteiger partial charge in [0.1, 0.15) is 16.5 Å². The fraction of sp³-hybridized carbons (Fsp3) is 0.143. The van der Waals surface area contributed by atoms with Gasteiger partial charge in [0, 0.05) is 23.0 Å². The van der Waals surface area contributed by atoms with E-state index < -0.39 is 0 Å². The minimum atomic E-state index is -0.252. The molecule has 1 amide bonds. The smallest absolute Gasteiger partial charge is 0.267 e. The molecule has 0 spiro atoms. The number of hydrogen-bond acceptors (Lipinski definition) is 6. The molecule has 0 aliphatic carbocycles. The number of nitrogens with zero attached hydrogens (tertiary/aromatic N) is 2. The SMILES string of the molecule is Cc1cc(=O)[nH]c(-c2cccc(NC(=O)c3sc(-c4ccc(C)o4)nc3C)c2)n1. The van der Waals surface area contributed by atoms with Crippen LogP contribution in [0.2, 0.25) is 0 Å². The monoisotopic (exact) mass is 406 g/mol. The number of H-pyrrole nitrogens is 1. The van der Waals surface area contributed by atoms with Gasteiger partial charge in [-0.2, -0.15) is 0 Å². The molecule has 8 heteroatoms. The molecule has 0 unspecified atom stereocenters. The summed E-state index contributed by atoms with van der Waals surface area (Å²) in [4.78, 5) is 36.5. The third-order valence-corrected chi connectivity index (χ3v) is 5.39. The minimum Gasteiger partial charge on any atom is -0.459 e. The number of anilines is 1. The highest BCUT2D eigenvalue weighted by Crippen LogP contribution is 2.30. The molecule has 3 aromatic heterocycles. The van der Waals surface area contributed by atoms with E-state index in [1.807, 2.05) is 25.1 Å². The van der Waals surface area contributed by atoms with E-state index >= 15 is 0 Å². The first-order valence-electron chi connectivity index (χ1n) is 8.93. The Morgan fingerprint density at radius 2 is 1.93 bits per heavy atom. The Morgan fingerprint density at radius 1 is 1.10 bits per heavy atom. The molecule has 0 aliphatic rings. The average molecular weight is 406 g/mol.